The Labute approximate surface area is 126 Å². The fraction of sp³-hybridized carbons (Fsp3) is 0.333. The average molecular weight is 301 g/mol. The van der Waals surface area contributed by atoms with Gasteiger partial charge in [0.1, 0.15) is 5.82 Å². The lowest BCUT2D eigenvalue weighted by atomic mass is 9.87. The van der Waals surface area contributed by atoms with E-state index in [1.165, 1.54) is 0 Å². The number of benzene rings is 1. The number of carbonyl (C=O) groups excluding carboxylic acids is 1. The summed E-state index contributed by atoms with van der Waals surface area (Å²) in [5, 5.41) is 7.10. The molecule has 114 valence electrons. The van der Waals surface area contributed by atoms with Gasteiger partial charge in [-0.05, 0) is 17.7 Å². The van der Waals surface area contributed by atoms with E-state index in [0.717, 1.165) is 16.9 Å². The minimum Gasteiger partial charge on any atom is -0.493 e. The molecule has 1 N–H and O–H groups in total. The molecule has 4 rings (SSSR count). The van der Waals surface area contributed by atoms with E-state index < -0.39 is 0 Å². The van der Waals surface area contributed by atoms with Crippen LogP contribution in [0.4, 0.5) is 5.82 Å². The minimum absolute atomic E-state index is 0.0299. The summed E-state index contributed by atoms with van der Waals surface area (Å²) < 4.78 is 17.9. The molecule has 0 saturated carbocycles. The maximum Gasteiger partial charge on any atom is 0.231 e. The Morgan fingerprint density at radius 2 is 2.27 bits per heavy atom. The van der Waals surface area contributed by atoms with Crippen LogP contribution in [0.2, 0.25) is 0 Å². The number of anilines is 1. The molecule has 0 aliphatic carbocycles. The number of aromatic nitrogens is 2. The van der Waals surface area contributed by atoms with Crippen molar-refractivity contribution in [1.82, 2.24) is 9.78 Å². The summed E-state index contributed by atoms with van der Waals surface area (Å²) in [7, 11) is 3.39. The second kappa shape index (κ2) is 4.66. The third kappa shape index (κ3) is 1.82. The van der Waals surface area contributed by atoms with E-state index in [4.69, 9.17) is 14.2 Å². The van der Waals surface area contributed by atoms with Crippen molar-refractivity contribution < 1.29 is 19.0 Å². The van der Waals surface area contributed by atoms with Crippen LogP contribution in [0.15, 0.2) is 18.3 Å². The van der Waals surface area contributed by atoms with Crippen molar-refractivity contribution in [2.24, 2.45) is 7.05 Å². The summed E-state index contributed by atoms with van der Waals surface area (Å²) in [4.78, 5) is 12.0. The number of amides is 1. The van der Waals surface area contributed by atoms with Gasteiger partial charge >= 0.3 is 0 Å². The highest BCUT2D eigenvalue weighted by atomic mass is 16.7. The first-order valence-corrected chi connectivity index (χ1v) is 6.96. The number of rotatable bonds is 2. The average Bonchev–Trinajstić information content (AvgIpc) is 3.13. The molecule has 2 aliphatic rings. The number of nitrogens with zero attached hydrogens (tertiary/aromatic N) is 2. The third-order valence-electron chi connectivity index (χ3n) is 4.07. The van der Waals surface area contributed by atoms with Crippen molar-refractivity contribution in [2.45, 2.75) is 12.3 Å². The number of hydrogen-bond donors (Lipinski definition) is 1. The summed E-state index contributed by atoms with van der Waals surface area (Å²) in [6, 6.07) is 3.80. The van der Waals surface area contributed by atoms with Crippen molar-refractivity contribution in [2.75, 3.05) is 19.2 Å². The van der Waals surface area contributed by atoms with Crippen LogP contribution in [0.5, 0.6) is 17.2 Å². The number of ether oxygens (including phenoxy) is 3. The van der Waals surface area contributed by atoms with Gasteiger partial charge in [-0.2, -0.15) is 5.10 Å². The largest absolute Gasteiger partial charge is 0.493 e. The molecule has 0 bridgehead atoms. The summed E-state index contributed by atoms with van der Waals surface area (Å²) >= 11 is 0. The maximum atomic E-state index is 12.0. The fourth-order valence-corrected chi connectivity index (χ4v) is 2.99. The molecule has 0 radical (unpaired) electrons. The monoisotopic (exact) mass is 301 g/mol. The van der Waals surface area contributed by atoms with Crippen LogP contribution in [0.3, 0.4) is 0 Å². The molecule has 1 atom stereocenters. The Hall–Kier alpha value is -2.70. The van der Waals surface area contributed by atoms with Crippen molar-refractivity contribution in [3.8, 4) is 17.2 Å². The molecule has 0 spiro atoms. The first-order chi connectivity index (χ1) is 10.7. The highest BCUT2D eigenvalue weighted by molar-refractivity contribution is 5.94. The second-order valence-corrected chi connectivity index (χ2v) is 5.33. The summed E-state index contributed by atoms with van der Waals surface area (Å²) in [5.41, 5.74) is 1.94. The lowest BCUT2D eigenvalue weighted by Gasteiger charge is -2.23. The topological polar surface area (TPSA) is 74.6 Å². The molecule has 7 heteroatoms. The predicted octanol–water partition coefficient (Wildman–Crippen LogP) is 1.63. The Morgan fingerprint density at radius 1 is 1.41 bits per heavy atom. The lowest BCUT2D eigenvalue weighted by molar-refractivity contribution is -0.116. The van der Waals surface area contributed by atoms with Crippen LogP contribution in [0.1, 0.15) is 23.5 Å². The zero-order valence-electron chi connectivity index (χ0n) is 12.3. The van der Waals surface area contributed by atoms with Crippen LogP contribution in [-0.2, 0) is 11.8 Å². The fourth-order valence-electron chi connectivity index (χ4n) is 2.99. The number of hydrogen-bond acceptors (Lipinski definition) is 5. The molecule has 1 aromatic carbocycles. The summed E-state index contributed by atoms with van der Waals surface area (Å²) in [5.74, 6) is 2.49. The van der Waals surface area contributed by atoms with E-state index in [-0.39, 0.29) is 18.6 Å². The van der Waals surface area contributed by atoms with Crippen LogP contribution in [-0.4, -0.2) is 29.6 Å². The predicted molar refractivity (Wildman–Crippen MR) is 77.4 cm³/mol. The zero-order valence-corrected chi connectivity index (χ0v) is 12.3. The van der Waals surface area contributed by atoms with Crippen molar-refractivity contribution in [3.63, 3.8) is 0 Å². The molecule has 1 amide bonds. The Morgan fingerprint density at radius 3 is 3.09 bits per heavy atom. The molecule has 2 aromatic rings. The zero-order chi connectivity index (χ0) is 15.3. The number of aryl methyl sites for hydroxylation is 1. The van der Waals surface area contributed by atoms with Gasteiger partial charge in [0.15, 0.2) is 11.5 Å². The lowest BCUT2D eigenvalue weighted by Crippen LogP contribution is -2.24. The van der Waals surface area contributed by atoms with Crippen molar-refractivity contribution >= 4 is 11.7 Å². The van der Waals surface area contributed by atoms with Crippen LogP contribution >= 0.6 is 0 Å². The molecular formula is C15H15N3O4. The Balaban J connectivity index is 1.84. The van der Waals surface area contributed by atoms with Gasteiger partial charge in [-0.25, -0.2) is 0 Å². The quantitative estimate of drug-likeness (QED) is 0.912. The summed E-state index contributed by atoms with van der Waals surface area (Å²) in [6.07, 6.45) is 2.15. The smallest absolute Gasteiger partial charge is 0.231 e. The first kappa shape index (κ1) is 13.0. The van der Waals surface area contributed by atoms with E-state index in [2.05, 4.69) is 10.4 Å². The van der Waals surface area contributed by atoms with Gasteiger partial charge in [-0.1, -0.05) is 0 Å². The van der Waals surface area contributed by atoms with Gasteiger partial charge in [0, 0.05) is 24.9 Å². The van der Waals surface area contributed by atoms with E-state index in [1.54, 1.807) is 18.0 Å². The highest BCUT2D eigenvalue weighted by Crippen LogP contribution is 2.46. The van der Waals surface area contributed by atoms with Gasteiger partial charge in [-0.15, -0.1) is 0 Å². The van der Waals surface area contributed by atoms with Gasteiger partial charge < -0.3 is 19.5 Å². The molecule has 0 unspecified atom stereocenters. The third-order valence-corrected chi connectivity index (χ3v) is 4.07. The molecule has 7 nitrogen and oxygen atoms in total. The highest BCUT2D eigenvalue weighted by Gasteiger charge is 2.31. The van der Waals surface area contributed by atoms with Crippen molar-refractivity contribution in [1.29, 1.82) is 0 Å². The second-order valence-electron chi connectivity index (χ2n) is 5.33. The summed E-state index contributed by atoms with van der Waals surface area (Å²) in [6.45, 7) is 0.179. The van der Waals surface area contributed by atoms with E-state index in [9.17, 15) is 4.79 Å². The number of carbonyl (C=O) groups is 1. The van der Waals surface area contributed by atoms with Crippen LogP contribution < -0.4 is 19.5 Å². The van der Waals surface area contributed by atoms with Gasteiger partial charge in [0.25, 0.3) is 0 Å². The normalized spacial score (nSPS) is 18.8. The SMILES string of the molecule is COc1cc([C@H]2CC(=O)Nc3c2cnn3C)cc2c1OCO2. The minimum atomic E-state index is -0.0825. The molecule has 3 heterocycles. The standard InChI is InChI=1S/C15H15N3O4/c1-18-15-10(6-16-18)9(5-13(19)17-15)8-3-11(20-2)14-12(4-8)21-7-22-14/h3-4,6,9H,5,7H2,1-2H3,(H,17,19)/t9-/m1/s1. The molecule has 1 aromatic heterocycles. The number of nitrogens with one attached hydrogen (secondary N) is 1. The van der Waals surface area contributed by atoms with Gasteiger partial charge in [0.2, 0.25) is 18.4 Å². The molecule has 2 aliphatic heterocycles. The Bertz CT molecular complexity index is 768. The molecule has 22 heavy (non-hydrogen) atoms. The van der Waals surface area contributed by atoms with Gasteiger partial charge in [0.05, 0.1) is 13.3 Å². The molecule has 0 fully saturated rings. The van der Waals surface area contributed by atoms with E-state index >= 15 is 0 Å². The number of fused-ring (bicyclic) bond motifs is 2. The van der Waals surface area contributed by atoms with E-state index in [0.29, 0.717) is 23.7 Å². The van der Waals surface area contributed by atoms with Crippen molar-refractivity contribution in [3.05, 3.63) is 29.5 Å². The van der Waals surface area contributed by atoms with Crippen LogP contribution in [0, 0.1) is 0 Å². The van der Waals surface area contributed by atoms with Gasteiger partial charge in [-0.3, -0.25) is 9.48 Å². The Kier molecular flexibility index (Phi) is 2.75. The first-order valence-electron chi connectivity index (χ1n) is 6.96. The number of methoxy groups -OCH3 is 1. The van der Waals surface area contributed by atoms with Crippen LogP contribution in [0.25, 0.3) is 0 Å². The molecular weight excluding hydrogens is 286 g/mol. The van der Waals surface area contributed by atoms with E-state index in [1.807, 2.05) is 19.2 Å². The molecule has 0 saturated heterocycles. The maximum absolute atomic E-state index is 12.0.